The molecule has 0 aromatic heterocycles. The second-order valence-electron chi connectivity index (χ2n) is 3.53. The minimum atomic E-state index is -0.615. The maximum absolute atomic E-state index is 11.7. The molecule has 0 fully saturated rings. The molecule has 72 valence electrons. The van der Waals surface area contributed by atoms with Crippen molar-refractivity contribution in [2.24, 2.45) is 5.92 Å². The van der Waals surface area contributed by atoms with E-state index < -0.39 is 5.92 Å². The van der Waals surface area contributed by atoms with Crippen molar-refractivity contribution >= 4 is 5.78 Å². The van der Waals surface area contributed by atoms with E-state index >= 15 is 0 Å². The average molecular weight is 187 g/mol. The lowest BCUT2D eigenvalue weighted by atomic mass is 9.90. The Morgan fingerprint density at radius 2 is 1.86 bits per heavy atom. The Balaban J connectivity index is 2.96. The highest BCUT2D eigenvalue weighted by Gasteiger charge is 2.21. The smallest absolute Gasteiger partial charge is 0.156 e. The van der Waals surface area contributed by atoms with Gasteiger partial charge in [-0.2, -0.15) is 5.26 Å². The van der Waals surface area contributed by atoms with E-state index in [9.17, 15) is 4.79 Å². The standard InChI is InChI=1S/C12H13NO/c1-9(2)12(14)11(8-13)10-6-4-3-5-7-10/h3-7,9,11H,1-2H3/t11-/m1/s1. The molecule has 0 aliphatic rings. The monoisotopic (exact) mass is 187 g/mol. The SMILES string of the molecule is CC(C)C(=O)[C@H](C#N)c1ccccc1. The van der Waals surface area contributed by atoms with Gasteiger partial charge in [-0.3, -0.25) is 4.79 Å². The Morgan fingerprint density at radius 3 is 2.29 bits per heavy atom. The van der Waals surface area contributed by atoms with Gasteiger partial charge in [0, 0.05) is 5.92 Å². The van der Waals surface area contributed by atoms with Crippen molar-refractivity contribution in [2.75, 3.05) is 0 Å². The van der Waals surface area contributed by atoms with Crippen molar-refractivity contribution in [2.45, 2.75) is 19.8 Å². The lowest BCUT2D eigenvalue weighted by Gasteiger charge is -2.10. The van der Waals surface area contributed by atoms with Crippen LogP contribution in [0, 0.1) is 17.2 Å². The third kappa shape index (κ3) is 2.20. The first-order chi connectivity index (χ1) is 6.66. The molecule has 2 nitrogen and oxygen atoms in total. The molecule has 0 N–H and O–H groups in total. The molecule has 0 aliphatic heterocycles. The van der Waals surface area contributed by atoms with Crippen LogP contribution in [0.4, 0.5) is 0 Å². The summed E-state index contributed by atoms with van der Waals surface area (Å²) in [5, 5.41) is 8.93. The molecule has 0 saturated heterocycles. The van der Waals surface area contributed by atoms with Crippen molar-refractivity contribution in [1.82, 2.24) is 0 Å². The quantitative estimate of drug-likeness (QED) is 0.729. The molecule has 1 aromatic rings. The Labute approximate surface area is 84.2 Å². The van der Waals surface area contributed by atoms with Gasteiger partial charge in [0.1, 0.15) is 5.92 Å². The molecule has 1 aromatic carbocycles. The Hall–Kier alpha value is -1.62. The third-order valence-electron chi connectivity index (χ3n) is 2.12. The summed E-state index contributed by atoms with van der Waals surface area (Å²) >= 11 is 0. The van der Waals surface area contributed by atoms with E-state index in [-0.39, 0.29) is 11.7 Å². The molecule has 1 rings (SSSR count). The van der Waals surface area contributed by atoms with Crippen molar-refractivity contribution in [1.29, 1.82) is 5.26 Å². The summed E-state index contributed by atoms with van der Waals surface area (Å²) in [5.41, 5.74) is 0.786. The van der Waals surface area contributed by atoms with E-state index in [0.29, 0.717) is 0 Å². The van der Waals surface area contributed by atoms with Crippen molar-refractivity contribution in [3.63, 3.8) is 0 Å². The van der Waals surface area contributed by atoms with Crippen LogP contribution in [0.1, 0.15) is 25.3 Å². The molecule has 0 unspecified atom stereocenters. The van der Waals surface area contributed by atoms with E-state index in [1.165, 1.54) is 0 Å². The zero-order valence-electron chi connectivity index (χ0n) is 8.40. The molecule has 0 radical (unpaired) electrons. The molecule has 0 bridgehead atoms. The Kier molecular flexibility index (Phi) is 3.41. The van der Waals surface area contributed by atoms with Crippen LogP contribution in [0.5, 0.6) is 0 Å². The van der Waals surface area contributed by atoms with Gasteiger partial charge >= 0.3 is 0 Å². The topological polar surface area (TPSA) is 40.9 Å². The number of nitrogens with zero attached hydrogens (tertiary/aromatic N) is 1. The zero-order chi connectivity index (χ0) is 10.6. The van der Waals surface area contributed by atoms with Crippen molar-refractivity contribution < 1.29 is 4.79 Å². The molecule has 2 heteroatoms. The van der Waals surface area contributed by atoms with E-state index in [4.69, 9.17) is 5.26 Å². The van der Waals surface area contributed by atoms with E-state index in [1.807, 2.05) is 50.2 Å². The highest BCUT2D eigenvalue weighted by molar-refractivity contribution is 5.89. The highest BCUT2D eigenvalue weighted by atomic mass is 16.1. The van der Waals surface area contributed by atoms with Gasteiger partial charge in [0.25, 0.3) is 0 Å². The van der Waals surface area contributed by atoms with Crippen LogP contribution in [0.3, 0.4) is 0 Å². The van der Waals surface area contributed by atoms with Crippen LogP contribution >= 0.6 is 0 Å². The molecule has 0 amide bonds. The second-order valence-corrected chi connectivity index (χ2v) is 3.53. The third-order valence-corrected chi connectivity index (χ3v) is 2.12. The molecule has 0 saturated carbocycles. The number of benzene rings is 1. The van der Waals surface area contributed by atoms with E-state index in [2.05, 4.69) is 0 Å². The number of ketones is 1. The first-order valence-electron chi connectivity index (χ1n) is 4.65. The van der Waals surface area contributed by atoms with Crippen LogP contribution in [-0.2, 0) is 4.79 Å². The van der Waals surface area contributed by atoms with Gasteiger partial charge in [0.05, 0.1) is 6.07 Å². The van der Waals surface area contributed by atoms with Crippen LogP contribution in [0.25, 0.3) is 0 Å². The van der Waals surface area contributed by atoms with Gasteiger partial charge < -0.3 is 0 Å². The van der Waals surface area contributed by atoms with E-state index in [0.717, 1.165) is 5.56 Å². The predicted octanol–water partition coefficient (Wildman–Crippen LogP) is 2.52. The number of nitriles is 1. The number of Topliss-reactive ketones (excluding diaryl/α,β-unsaturated/α-hetero) is 1. The summed E-state index contributed by atoms with van der Waals surface area (Å²) in [5.74, 6) is -0.727. The van der Waals surface area contributed by atoms with Crippen LogP contribution < -0.4 is 0 Å². The maximum atomic E-state index is 11.7. The van der Waals surface area contributed by atoms with Gasteiger partial charge in [0.2, 0.25) is 0 Å². The Morgan fingerprint density at radius 1 is 1.29 bits per heavy atom. The van der Waals surface area contributed by atoms with Crippen molar-refractivity contribution in [3.8, 4) is 6.07 Å². The van der Waals surface area contributed by atoms with E-state index in [1.54, 1.807) is 0 Å². The molecular formula is C12H13NO. The van der Waals surface area contributed by atoms with Crippen LogP contribution in [-0.4, -0.2) is 5.78 Å². The number of hydrogen-bond donors (Lipinski definition) is 0. The number of rotatable bonds is 3. The molecular weight excluding hydrogens is 174 g/mol. The maximum Gasteiger partial charge on any atom is 0.156 e. The predicted molar refractivity (Wildman–Crippen MR) is 54.6 cm³/mol. The minimum Gasteiger partial charge on any atom is -0.298 e. The lowest BCUT2D eigenvalue weighted by Crippen LogP contribution is -2.16. The van der Waals surface area contributed by atoms with Gasteiger partial charge in [-0.05, 0) is 5.56 Å². The normalized spacial score (nSPS) is 12.1. The number of carbonyl (C=O) groups excluding carboxylic acids is 1. The molecule has 0 heterocycles. The first kappa shape index (κ1) is 10.5. The minimum absolute atomic E-state index is 0.0151. The van der Waals surface area contributed by atoms with Crippen LogP contribution in [0.15, 0.2) is 30.3 Å². The lowest BCUT2D eigenvalue weighted by molar-refractivity contribution is -0.122. The summed E-state index contributed by atoms with van der Waals surface area (Å²) in [6, 6.07) is 11.2. The molecule has 0 spiro atoms. The average Bonchev–Trinajstić information content (AvgIpc) is 2.20. The summed E-state index contributed by atoms with van der Waals surface area (Å²) in [6.45, 7) is 3.63. The summed E-state index contributed by atoms with van der Waals surface area (Å²) in [7, 11) is 0. The molecule has 0 aliphatic carbocycles. The number of hydrogen-bond acceptors (Lipinski definition) is 2. The fourth-order valence-corrected chi connectivity index (χ4v) is 1.28. The summed E-state index contributed by atoms with van der Waals surface area (Å²) in [4.78, 5) is 11.7. The van der Waals surface area contributed by atoms with Gasteiger partial charge in [-0.15, -0.1) is 0 Å². The summed E-state index contributed by atoms with van der Waals surface area (Å²) in [6.07, 6.45) is 0. The molecule has 14 heavy (non-hydrogen) atoms. The number of carbonyl (C=O) groups is 1. The first-order valence-corrected chi connectivity index (χ1v) is 4.65. The van der Waals surface area contributed by atoms with Crippen molar-refractivity contribution in [3.05, 3.63) is 35.9 Å². The van der Waals surface area contributed by atoms with Gasteiger partial charge in [-0.25, -0.2) is 0 Å². The second kappa shape index (κ2) is 4.57. The Bertz CT molecular complexity index is 348. The van der Waals surface area contributed by atoms with Gasteiger partial charge in [-0.1, -0.05) is 44.2 Å². The highest BCUT2D eigenvalue weighted by Crippen LogP contribution is 2.19. The summed E-state index contributed by atoms with van der Waals surface area (Å²) < 4.78 is 0. The molecule has 1 atom stereocenters. The van der Waals surface area contributed by atoms with Gasteiger partial charge in [0.15, 0.2) is 5.78 Å². The zero-order valence-corrected chi connectivity index (χ0v) is 8.40. The fraction of sp³-hybridized carbons (Fsp3) is 0.333. The van der Waals surface area contributed by atoms with Crippen LogP contribution in [0.2, 0.25) is 0 Å². The largest absolute Gasteiger partial charge is 0.298 e. The fourth-order valence-electron chi connectivity index (χ4n) is 1.28.